The Morgan fingerprint density at radius 2 is 2.35 bits per heavy atom. The molecule has 1 aliphatic carbocycles. The van der Waals surface area contributed by atoms with Crippen LogP contribution in [0.3, 0.4) is 0 Å². The summed E-state index contributed by atoms with van der Waals surface area (Å²) in [5, 5.41) is 6.76. The molecular weight excluding hydrogens is 216 g/mol. The van der Waals surface area contributed by atoms with Gasteiger partial charge in [-0.15, -0.1) is 0 Å². The van der Waals surface area contributed by atoms with Gasteiger partial charge in [-0.3, -0.25) is 0 Å². The maximum absolute atomic E-state index is 5.20. The number of aromatic nitrogens is 2. The van der Waals surface area contributed by atoms with Crippen LogP contribution in [-0.4, -0.2) is 35.8 Å². The second-order valence-corrected chi connectivity index (χ2v) is 4.48. The van der Waals surface area contributed by atoms with E-state index in [-0.39, 0.29) is 6.10 Å². The fourth-order valence-corrected chi connectivity index (χ4v) is 1.51. The molecule has 0 aliphatic heterocycles. The van der Waals surface area contributed by atoms with Crippen LogP contribution in [0, 0.1) is 0 Å². The fraction of sp³-hybridized carbons (Fsp3) is 0.667. The molecule has 0 saturated heterocycles. The lowest BCUT2D eigenvalue weighted by Crippen LogP contribution is -2.21. The van der Waals surface area contributed by atoms with E-state index >= 15 is 0 Å². The van der Waals surface area contributed by atoms with Crippen LogP contribution in [0.4, 0.5) is 5.82 Å². The third kappa shape index (κ3) is 3.94. The van der Waals surface area contributed by atoms with E-state index in [1.807, 2.05) is 13.1 Å². The summed E-state index contributed by atoms with van der Waals surface area (Å²) in [4.78, 5) is 8.33. The summed E-state index contributed by atoms with van der Waals surface area (Å²) in [6, 6.07) is 0.695. The molecule has 5 heteroatoms. The van der Waals surface area contributed by atoms with Crippen LogP contribution in [0.5, 0.6) is 0 Å². The normalized spacial score (nSPS) is 16.8. The summed E-state index contributed by atoms with van der Waals surface area (Å²) in [5.41, 5.74) is 1.11. The first-order chi connectivity index (χ1) is 8.29. The topological polar surface area (TPSA) is 59.1 Å². The number of rotatable bonds is 7. The Morgan fingerprint density at radius 1 is 1.53 bits per heavy atom. The summed E-state index contributed by atoms with van der Waals surface area (Å²) < 4.78 is 5.20. The molecule has 1 aromatic heterocycles. The van der Waals surface area contributed by atoms with E-state index in [2.05, 4.69) is 20.6 Å². The van der Waals surface area contributed by atoms with Gasteiger partial charge in [-0.25, -0.2) is 9.97 Å². The Balaban J connectivity index is 1.89. The minimum atomic E-state index is 0.175. The van der Waals surface area contributed by atoms with Gasteiger partial charge >= 0.3 is 0 Å². The summed E-state index contributed by atoms with van der Waals surface area (Å²) >= 11 is 0. The van der Waals surface area contributed by atoms with E-state index in [0.717, 1.165) is 24.5 Å². The van der Waals surface area contributed by atoms with E-state index in [1.165, 1.54) is 12.8 Å². The molecule has 1 saturated carbocycles. The van der Waals surface area contributed by atoms with Crippen molar-refractivity contribution in [3.05, 3.63) is 18.1 Å². The van der Waals surface area contributed by atoms with Gasteiger partial charge in [0.25, 0.3) is 0 Å². The minimum absolute atomic E-state index is 0.175. The first-order valence-electron chi connectivity index (χ1n) is 6.08. The molecule has 0 radical (unpaired) electrons. The van der Waals surface area contributed by atoms with E-state index in [1.54, 1.807) is 13.4 Å². The van der Waals surface area contributed by atoms with Gasteiger partial charge in [0, 0.05) is 38.0 Å². The molecule has 0 aromatic carbocycles. The Kier molecular flexibility index (Phi) is 4.28. The number of hydrogen-bond acceptors (Lipinski definition) is 5. The molecule has 0 amide bonds. The zero-order valence-electron chi connectivity index (χ0n) is 10.4. The highest BCUT2D eigenvalue weighted by Gasteiger charge is 2.20. The summed E-state index contributed by atoms with van der Waals surface area (Å²) in [6.07, 6.45) is 6.19. The van der Waals surface area contributed by atoms with Crippen LogP contribution < -0.4 is 10.6 Å². The third-order valence-corrected chi connectivity index (χ3v) is 2.91. The first-order valence-corrected chi connectivity index (χ1v) is 6.08. The maximum Gasteiger partial charge on any atom is 0.133 e. The van der Waals surface area contributed by atoms with Crippen molar-refractivity contribution in [2.24, 2.45) is 0 Å². The van der Waals surface area contributed by atoms with Crippen LogP contribution in [-0.2, 0) is 11.3 Å². The van der Waals surface area contributed by atoms with Crippen molar-refractivity contribution in [1.82, 2.24) is 15.3 Å². The van der Waals surface area contributed by atoms with Crippen LogP contribution in [0.1, 0.15) is 25.3 Å². The highest BCUT2D eigenvalue weighted by molar-refractivity contribution is 5.42. The van der Waals surface area contributed by atoms with Gasteiger partial charge in [0.2, 0.25) is 0 Å². The molecule has 1 atom stereocenters. The van der Waals surface area contributed by atoms with Crippen molar-refractivity contribution >= 4 is 5.82 Å². The minimum Gasteiger partial charge on any atom is -0.380 e. The van der Waals surface area contributed by atoms with Crippen molar-refractivity contribution in [3.63, 3.8) is 0 Å². The molecule has 2 N–H and O–H groups in total. The lowest BCUT2D eigenvalue weighted by atomic mass is 10.3. The number of nitrogens with zero attached hydrogens (tertiary/aromatic N) is 2. The van der Waals surface area contributed by atoms with Crippen LogP contribution >= 0.6 is 0 Å². The predicted octanol–water partition coefficient (Wildman–Crippen LogP) is 1.18. The average Bonchev–Trinajstić information content (AvgIpc) is 3.18. The largest absolute Gasteiger partial charge is 0.380 e. The Morgan fingerprint density at radius 3 is 3.06 bits per heavy atom. The number of nitrogens with one attached hydrogen (secondary N) is 2. The molecule has 5 nitrogen and oxygen atoms in total. The Hall–Kier alpha value is -1.20. The molecule has 0 bridgehead atoms. The Bertz CT molecular complexity index is 354. The highest BCUT2D eigenvalue weighted by Crippen LogP contribution is 2.20. The van der Waals surface area contributed by atoms with Crippen molar-refractivity contribution < 1.29 is 4.74 Å². The van der Waals surface area contributed by atoms with Gasteiger partial charge in [-0.1, -0.05) is 0 Å². The third-order valence-electron chi connectivity index (χ3n) is 2.91. The fourth-order valence-electron chi connectivity index (χ4n) is 1.51. The lowest BCUT2D eigenvalue weighted by Gasteiger charge is -2.14. The molecule has 94 valence electrons. The smallest absolute Gasteiger partial charge is 0.133 e. The van der Waals surface area contributed by atoms with E-state index in [9.17, 15) is 0 Å². The van der Waals surface area contributed by atoms with Crippen molar-refractivity contribution in [2.75, 3.05) is 19.0 Å². The number of hydrogen-bond donors (Lipinski definition) is 2. The molecular formula is C12H20N4O. The van der Waals surface area contributed by atoms with Gasteiger partial charge in [-0.05, 0) is 19.8 Å². The summed E-state index contributed by atoms with van der Waals surface area (Å²) in [6.45, 7) is 3.61. The number of methoxy groups -OCH3 is 1. The lowest BCUT2D eigenvalue weighted by molar-refractivity contribution is 0.128. The first kappa shape index (κ1) is 12.3. The van der Waals surface area contributed by atoms with Gasteiger partial charge in [0.1, 0.15) is 12.1 Å². The standard InChI is InChI=1S/C12H20N4O/c1-9(17-2)5-15-12-10(6-13-8-16-12)7-14-11-3-4-11/h6,8-9,11,14H,3-5,7H2,1-2H3,(H,13,15,16). The zero-order chi connectivity index (χ0) is 12.1. The van der Waals surface area contributed by atoms with Crippen LogP contribution in [0.25, 0.3) is 0 Å². The zero-order valence-corrected chi connectivity index (χ0v) is 10.4. The molecule has 2 rings (SSSR count). The predicted molar refractivity (Wildman–Crippen MR) is 66.9 cm³/mol. The van der Waals surface area contributed by atoms with Gasteiger partial charge in [0.15, 0.2) is 0 Å². The van der Waals surface area contributed by atoms with Crippen molar-refractivity contribution in [1.29, 1.82) is 0 Å². The van der Waals surface area contributed by atoms with E-state index in [0.29, 0.717) is 6.04 Å². The molecule has 1 fully saturated rings. The average molecular weight is 236 g/mol. The van der Waals surface area contributed by atoms with Gasteiger partial charge < -0.3 is 15.4 Å². The molecule has 1 aromatic rings. The number of ether oxygens (including phenoxy) is 1. The van der Waals surface area contributed by atoms with Crippen LogP contribution in [0.15, 0.2) is 12.5 Å². The molecule has 0 spiro atoms. The quantitative estimate of drug-likeness (QED) is 0.744. The molecule has 17 heavy (non-hydrogen) atoms. The highest BCUT2D eigenvalue weighted by atomic mass is 16.5. The van der Waals surface area contributed by atoms with Gasteiger partial charge in [-0.2, -0.15) is 0 Å². The maximum atomic E-state index is 5.20. The number of anilines is 1. The molecule has 1 aliphatic rings. The monoisotopic (exact) mass is 236 g/mol. The SMILES string of the molecule is COC(C)CNc1ncncc1CNC1CC1. The second-order valence-electron chi connectivity index (χ2n) is 4.48. The van der Waals surface area contributed by atoms with E-state index in [4.69, 9.17) is 4.74 Å². The van der Waals surface area contributed by atoms with Crippen molar-refractivity contribution in [2.45, 2.75) is 38.5 Å². The van der Waals surface area contributed by atoms with Crippen molar-refractivity contribution in [3.8, 4) is 0 Å². The molecule has 1 unspecified atom stereocenters. The van der Waals surface area contributed by atoms with Crippen LogP contribution in [0.2, 0.25) is 0 Å². The summed E-state index contributed by atoms with van der Waals surface area (Å²) in [5.74, 6) is 0.900. The second kappa shape index (κ2) is 5.93. The van der Waals surface area contributed by atoms with Gasteiger partial charge in [0.05, 0.1) is 6.10 Å². The summed E-state index contributed by atoms with van der Waals surface area (Å²) in [7, 11) is 1.71. The Labute approximate surface area is 102 Å². The molecule has 1 heterocycles. The van der Waals surface area contributed by atoms with E-state index < -0.39 is 0 Å².